The maximum atomic E-state index is 7.47. The summed E-state index contributed by atoms with van der Waals surface area (Å²) in [5.41, 5.74) is 22.8. The summed E-state index contributed by atoms with van der Waals surface area (Å²) in [6, 6.07) is 79.8. The minimum atomic E-state index is -0.257. The second-order valence-electron chi connectivity index (χ2n) is 24.7. The SMILES string of the molecule is CC(C)(C)c1cc2c3c(c1)N(c1ccccc1-c1ccccc1)c1cc4c(cc1B3c1ccc3c(oc5ccccc53)c1O2)B1c2ccc3c(oc5ccccc53)c2Oc2cc(C(C)(C)C)cc(c21)N4c1ccccc1-c1ccccc1. The van der Waals surface area contributed by atoms with Gasteiger partial charge in [0.05, 0.1) is 11.4 Å². The number of fused-ring (bicyclic) bond motifs is 16. The van der Waals surface area contributed by atoms with E-state index in [0.717, 1.165) is 145 Å². The van der Waals surface area contributed by atoms with Crippen molar-refractivity contribution in [2.45, 2.75) is 52.4 Å². The number of hydrogen-bond acceptors (Lipinski definition) is 6. The molecule has 4 aliphatic rings. The van der Waals surface area contributed by atoms with Gasteiger partial charge in [0.25, 0.3) is 13.4 Å². The van der Waals surface area contributed by atoms with E-state index in [1.807, 2.05) is 12.1 Å². The third-order valence-electron chi connectivity index (χ3n) is 17.9. The zero-order valence-electron chi connectivity index (χ0n) is 46.5. The van der Waals surface area contributed by atoms with Gasteiger partial charge in [0.2, 0.25) is 0 Å². The molecule has 17 rings (SSSR count). The minimum Gasteiger partial charge on any atom is -0.454 e. The monoisotopic (exact) mass is 1060 g/mol. The van der Waals surface area contributed by atoms with Crippen LogP contribution in [0.15, 0.2) is 227 Å². The fourth-order valence-corrected chi connectivity index (χ4v) is 13.9. The summed E-state index contributed by atoms with van der Waals surface area (Å²) in [5.74, 6) is 3.19. The molecule has 0 atom stereocenters. The molecule has 0 aliphatic carbocycles. The van der Waals surface area contributed by atoms with Crippen LogP contribution < -0.4 is 52.1 Å². The molecule has 82 heavy (non-hydrogen) atoms. The van der Waals surface area contributed by atoms with Crippen molar-refractivity contribution >= 4 is 124 Å². The van der Waals surface area contributed by atoms with Crippen LogP contribution in [0.2, 0.25) is 0 Å². The lowest BCUT2D eigenvalue weighted by molar-refractivity contribution is 0.477. The summed E-state index contributed by atoms with van der Waals surface area (Å²) in [5, 5.41) is 4.20. The molecule has 8 heteroatoms. The summed E-state index contributed by atoms with van der Waals surface area (Å²) in [6.45, 7) is 13.3. The average Bonchev–Trinajstić information content (AvgIpc) is 2.96. The maximum absolute atomic E-state index is 7.47. The van der Waals surface area contributed by atoms with E-state index in [1.54, 1.807) is 0 Å². The van der Waals surface area contributed by atoms with E-state index in [4.69, 9.17) is 18.3 Å². The van der Waals surface area contributed by atoms with Crippen molar-refractivity contribution in [2.24, 2.45) is 0 Å². The van der Waals surface area contributed by atoms with Gasteiger partial charge in [0.1, 0.15) is 22.7 Å². The summed E-state index contributed by atoms with van der Waals surface area (Å²) >= 11 is 0. The van der Waals surface area contributed by atoms with Gasteiger partial charge in [0, 0.05) is 55.4 Å². The second kappa shape index (κ2) is 16.9. The normalized spacial score (nSPS) is 13.8. The van der Waals surface area contributed by atoms with Crippen LogP contribution in [-0.2, 0) is 10.8 Å². The molecule has 0 bridgehead atoms. The first-order chi connectivity index (χ1) is 39.9. The Hall–Kier alpha value is -9.65. The van der Waals surface area contributed by atoms with E-state index in [-0.39, 0.29) is 24.3 Å². The number of anilines is 6. The predicted octanol–water partition coefficient (Wildman–Crippen LogP) is 16.2. The highest BCUT2D eigenvalue weighted by Gasteiger charge is 2.49. The van der Waals surface area contributed by atoms with Crippen molar-refractivity contribution in [1.82, 2.24) is 0 Å². The van der Waals surface area contributed by atoms with Gasteiger partial charge >= 0.3 is 0 Å². The number of nitrogens with zero attached hydrogens (tertiary/aromatic N) is 2. The van der Waals surface area contributed by atoms with Gasteiger partial charge < -0.3 is 28.1 Å². The van der Waals surface area contributed by atoms with Crippen LogP contribution in [-0.4, -0.2) is 13.4 Å². The van der Waals surface area contributed by atoms with Gasteiger partial charge in [-0.1, -0.05) is 205 Å². The van der Waals surface area contributed by atoms with Gasteiger partial charge in [-0.25, -0.2) is 0 Å². The summed E-state index contributed by atoms with van der Waals surface area (Å²) in [7, 11) is 0. The van der Waals surface area contributed by atoms with E-state index in [0.29, 0.717) is 0 Å². The molecule has 4 aliphatic heterocycles. The van der Waals surface area contributed by atoms with E-state index >= 15 is 0 Å². The van der Waals surface area contributed by atoms with Crippen LogP contribution in [0, 0.1) is 0 Å². The third kappa shape index (κ3) is 6.72. The van der Waals surface area contributed by atoms with E-state index in [2.05, 4.69) is 258 Å². The first-order valence-corrected chi connectivity index (χ1v) is 28.6. The lowest BCUT2D eigenvalue weighted by Crippen LogP contribution is -2.64. The lowest BCUT2D eigenvalue weighted by atomic mass is 9.30. The fourth-order valence-electron chi connectivity index (χ4n) is 13.9. The quantitative estimate of drug-likeness (QED) is 0.164. The van der Waals surface area contributed by atoms with Crippen molar-refractivity contribution in [1.29, 1.82) is 0 Å². The lowest BCUT2D eigenvalue weighted by Gasteiger charge is -2.45. The van der Waals surface area contributed by atoms with Crippen molar-refractivity contribution in [3.8, 4) is 45.3 Å². The van der Waals surface area contributed by atoms with E-state index < -0.39 is 0 Å². The van der Waals surface area contributed by atoms with Crippen molar-refractivity contribution in [3.05, 3.63) is 230 Å². The number of furan rings is 2. The number of hydrogen-bond donors (Lipinski definition) is 0. The van der Waals surface area contributed by atoms with E-state index in [1.165, 1.54) is 22.1 Å². The largest absolute Gasteiger partial charge is 0.454 e. The maximum Gasteiger partial charge on any atom is 0.256 e. The van der Waals surface area contributed by atoms with Crippen LogP contribution in [0.4, 0.5) is 34.1 Å². The third-order valence-corrected chi connectivity index (χ3v) is 17.9. The molecule has 0 N–H and O–H groups in total. The molecule has 0 saturated carbocycles. The van der Waals surface area contributed by atoms with Gasteiger partial charge in [-0.2, -0.15) is 0 Å². The first kappa shape index (κ1) is 47.2. The number of rotatable bonds is 4. The van der Waals surface area contributed by atoms with Crippen LogP contribution >= 0.6 is 0 Å². The highest BCUT2D eigenvalue weighted by atomic mass is 16.5. The molecular formula is C74H54B2N2O4. The Morgan fingerprint density at radius 1 is 0.329 bits per heavy atom. The van der Waals surface area contributed by atoms with Gasteiger partial charge in [-0.15, -0.1) is 0 Å². The highest BCUT2D eigenvalue weighted by molar-refractivity contribution is 7.02. The number of para-hydroxylation sites is 4. The zero-order valence-corrected chi connectivity index (χ0v) is 46.5. The molecule has 2 aromatic heterocycles. The van der Waals surface area contributed by atoms with Crippen LogP contribution in [0.25, 0.3) is 66.1 Å². The Balaban J connectivity index is 1.04. The summed E-state index contributed by atoms with van der Waals surface area (Å²) in [6.07, 6.45) is 0. The van der Waals surface area contributed by atoms with Gasteiger partial charge in [0.15, 0.2) is 22.7 Å². The number of benzene rings is 11. The zero-order chi connectivity index (χ0) is 54.9. The minimum absolute atomic E-state index is 0.234. The molecule has 6 heterocycles. The van der Waals surface area contributed by atoms with Crippen molar-refractivity contribution < 1.29 is 18.3 Å². The molecule has 0 unspecified atom stereocenters. The molecular weight excluding hydrogens is 1000 g/mol. The summed E-state index contributed by atoms with van der Waals surface area (Å²) in [4.78, 5) is 5.11. The predicted molar refractivity (Wildman–Crippen MR) is 341 cm³/mol. The fraction of sp³-hybridized carbons (Fsp3) is 0.108. The Morgan fingerprint density at radius 2 is 0.732 bits per heavy atom. The second-order valence-corrected chi connectivity index (χ2v) is 24.7. The van der Waals surface area contributed by atoms with E-state index in [9.17, 15) is 0 Å². The van der Waals surface area contributed by atoms with Gasteiger partial charge in [-0.05, 0) is 120 Å². The van der Waals surface area contributed by atoms with Crippen molar-refractivity contribution in [2.75, 3.05) is 9.80 Å². The topological polar surface area (TPSA) is 51.2 Å². The molecule has 0 fully saturated rings. The van der Waals surface area contributed by atoms with Gasteiger partial charge in [-0.3, -0.25) is 0 Å². The summed E-state index contributed by atoms with van der Waals surface area (Å²) < 4.78 is 28.8. The van der Waals surface area contributed by atoms with Crippen molar-refractivity contribution in [3.63, 3.8) is 0 Å². The molecule has 13 aromatic rings. The smallest absolute Gasteiger partial charge is 0.256 e. The molecule has 0 spiro atoms. The Labute approximate surface area is 476 Å². The van der Waals surface area contributed by atoms with Crippen LogP contribution in [0.5, 0.6) is 23.0 Å². The molecule has 0 saturated heterocycles. The standard InChI is InChI=1S/C74H54B2N2O4/c1-73(2,3)45-37-61-67-65(39-45)81-71-53(35-33-51-49-27-15-19-31-63(49)79-69(51)71)75(67)55-41-56-60(42-59(55)77(61)57-29-17-13-25-47(57)43-21-9-7-10-22-43)78(58-30-18-14-26-48(58)44-23-11-8-12-24-44)62-38-46(74(4,5)6)40-66-68(62)76(56)54-36-34-52-50-28-16-20-32-64(50)80-70(52)72(54)82-66/h7-42H,1-6H3. The Bertz CT molecular complexity index is 4570. The molecule has 11 aromatic carbocycles. The van der Waals surface area contributed by atoms with Crippen LogP contribution in [0.3, 0.4) is 0 Å². The highest BCUT2D eigenvalue weighted by Crippen LogP contribution is 2.52. The molecule has 6 nitrogen and oxygen atoms in total. The first-order valence-electron chi connectivity index (χ1n) is 28.6. The molecule has 0 radical (unpaired) electrons. The Kier molecular flexibility index (Phi) is 9.75. The molecule has 390 valence electrons. The number of ether oxygens (including phenoxy) is 2. The average molecular weight is 1060 g/mol. The Morgan fingerprint density at radius 3 is 1.17 bits per heavy atom. The molecule has 0 amide bonds. The van der Waals surface area contributed by atoms with Crippen LogP contribution in [0.1, 0.15) is 52.7 Å².